The van der Waals surface area contributed by atoms with Gasteiger partial charge in [-0.25, -0.2) is 0 Å². The number of nitrogens with zero attached hydrogens (tertiary/aromatic N) is 2. The molecule has 1 atom stereocenters. The molecule has 114 valence electrons. The zero-order valence-electron chi connectivity index (χ0n) is 13.2. The molecule has 1 heterocycles. The van der Waals surface area contributed by atoms with E-state index in [4.69, 9.17) is 4.42 Å². The van der Waals surface area contributed by atoms with Gasteiger partial charge in [0.25, 0.3) is 11.1 Å². The van der Waals surface area contributed by atoms with Crippen LogP contribution in [0.2, 0.25) is 0 Å². The maximum absolute atomic E-state index is 5.72. The maximum Gasteiger partial charge on any atom is 0.277 e. The Morgan fingerprint density at radius 2 is 2.00 bits per heavy atom. The Hall–Kier alpha value is -1.33. The van der Waals surface area contributed by atoms with Crippen molar-refractivity contribution in [3.63, 3.8) is 0 Å². The molecular weight excluding hydrogens is 282 g/mol. The Morgan fingerprint density at radius 1 is 1.24 bits per heavy atom. The Bertz CT molecular complexity index is 595. The van der Waals surface area contributed by atoms with Crippen LogP contribution < -0.4 is 5.73 Å². The Morgan fingerprint density at radius 3 is 2.71 bits per heavy atom. The van der Waals surface area contributed by atoms with Gasteiger partial charge < -0.3 is 10.2 Å². The van der Waals surface area contributed by atoms with E-state index >= 15 is 0 Å². The first-order chi connectivity index (χ1) is 9.95. The van der Waals surface area contributed by atoms with Crippen molar-refractivity contribution in [2.45, 2.75) is 51.1 Å². The molecule has 5 heteroatoms. The number of benzene rings is 1. The van der Waals surface area contributed by atoms with Crippen molar-refractivity contribution in [2.24, 2.45) is 5.92 Å². The summed E-state index contributed by atoms with van der Waals surface area (Å²) in [7, 11) is 0. The first-order valence-corrected chi connectivity index (χ1v) is 8.29. The van der Waals surface area contributed by atoms with Crippen LogP contribution in [0, 0.1) is 19.8 Å². The molecule has 2 rings (SSSR count). The summed E-state index contributed by atoms with van der Waals surface area (Å²) in [5.41, 5.74) is 7.98. The number of hydrogen-bond donors (Lipinski definition) is 1. The Kier molecular flexibility index (Phi) is 5.42. The monoisotopic (exact) mass is 306 g/mol. The average molecular weight is 306 g/mol. The molecule has 0 aliphatic carbocycles. The molecule has 0 aliphatic heterocycles. The Labute approximate surface area is 130 Å². The van der Waals surface area contributed by atoms with Crippen LogP contribution in [0.3, 0.4) is 0 Å². The number of quaternary nitrogens is 1. The summed E-state index contributed by atoms with van der Waals surface area (Å²) in [6, 6.07) is 6.57. The van der Waals surface area contributed by atoms with E-state index in [0.717, 1.165) is 12.2 Å². The number of rotatable bonds is 6. The Balaban J connectivity index is 1.98. The predicted octanol–water partition coefficient (Wildman–Crippen LogP) is 3.31. The topological polar surface area (TPSA) is 66.6 Å². The lowest BCUT2D eigenvalue weighted by Crippen LogP contribution is -2.54. The second-order valence-corrected chi connectivity index (χ2v) is 6.88. The van der Waals surface area contributed by atoms with Gasteiger partial charge in [-0.05, 0) is 30.9 Å². The summed E-state index contributed by atoms with van der Waals surface area (Å²) >= 11 is 1.59. The van der Waals surface area contributed by atoms with E-state index < -0.39 is 0 Å². The molecule has 0 saturated carbocycles. The minimum atomic E-state index is 0.0764. The lowest BCUT2D eigenvalue weighted by Gasteiger charge is -2.06. The molecule has 4 nitrogen and oxygen atoms in total. The van der Waals surface area contributed by atoms with Crippen molar-refractivity contribution in [3.05, 3.63) is 40.8 Å². The van der Waals surface area contributed by atoms with E-state index in [-0.39, 0.29) is 6.04 Å². The number of aryl methyl sites for hydroxylation is 2. The largest absolute Gasteiger partial charge is 0.410 e. The minimum absolute atomic E-state index is 0.0764. The minimum Gasteiger partial charge on any atom is -0.410 e. The van der Waals surface area contributed by atoms with Crippen LogP contribution in [0.1, 0.15) is 48.9 Å². The van der Waals surface area contributed by atoms with E-state index in [0.29, 0.717) is 17.0 Å². The second-order valence-electron chi connectivity index (χ2n) is 5.95. The molecule has 2 aromatic rings. The molecule has 1 aromatic heterocycles. The van der Waals surface area contributed by atoms with Crippen LogP contribution in [0.4, 0.5) is 0 Å². The first-order valence-electron chi connectivity index (χ1n) is 7.31. The number of thioether (sulfide) groups is 1. The highest BCUT2D eigenvalue weighted by molar-refractivity contribution is 7.98. The van der Waals surface area contributed by atoms with Gasteiger partial charge in [-0.15, -0.1) is 10.2 Å². The lowest BCUT2D eigenvalue weighted by atomic mass is 10.1. The molecule has 1 aromatic carbocycles. The molecule has 0 aliphatic rings. The third-order valence-corrected chi connectivity index (χ3v) is 4.25. The van der Waals surface area contributed by atoms with Gasteiger partial charge in [-0.3, -0.25) is 0 Å². The summed E-state index contributed by atoms with van der Waals surface area (Å²) in [4.78, 5) is 0. The zero-order valence-corrected chi connectivity index (χ0v) is 14.0. The van der Waals surface area contributed by atoms with Crippen LogP contribution >= 0.6 is 11.8 Å². The normalized spacial score (nSPS) is 12.9. The summed E-state index contributed by atoms with van der Waals surface area (Å²) in [5, 5.41) is 8.87. The van der Waals surface area contributed by atoms with E-state index in [1.54, 1.807) is 11.8 Å². The molecule has 0 unspecified atom stereocenters. The molecular formula is C16H24N3OS+. The van der Waals surface area contributed by atoms with Gasteiger partial charge in [-0.2, -0.15) is 0 Å². The van der Waals surface area contributed by atoms with Gasteiger partial charge in [0, 0.05) is 12.2 Å². The van der Waals surface area contributed by atoms with Crippen molar-refractivity contribution < 1.29 is 10.2 Å². The van der Waals surface area contributed by atoms with Crippen molar-refractivity contribution in [2.75, 3.05) is 0 Å². The van der Waals surface area contributed by atoms with Gasteiger partial charge in [0.05, 0.1) is 0 Å². The fraction of sp³-hybridized carbons (Fsp3) is 0.500. The van der Waals surface area contributed by atoms with Crippen molar-refractivity contribution in [3.8, 4) is 0 Å². The standard InChI is InChI=1S/C16H23N3OS/c1-10(2)7-14(17)15-18-19-16(20-15)21-9-13-8-11(3)5-6-12(13)4/h5-6,8,10,14H,7,9,17H2,1-4H3/p+1/t14-/m0/s1. The van der Waals surface area contributed by atoms with Gasteiger partial charge in [-0.1, -0.05) is 49.4 Å². The molecule has 21 heavy (non-hydrogen) atoms. The molecule has 0 fully saturated rings. The van der Waals surface area contributed by atoms with E-state index in [2.05, 4.69) is 61.8 Å². The van der Waals surface area contributed by atoms with Crippen molar-refractivity contribution in [1.29, 1.82) is 0 Å². The number of hydrogen-bond acceptors (Lipinski definition) is 4. The molecule has 0 saturated heterocycles. The second kappa shape index (κ2) is 7.09. The highest BCUT2D eigenvalue weighted by Gasteiger charge is 2.19. The van der Waals surface area contributed by atoms with Crippen LogP contribution in [0.25, 0.3) is 0 Å². The third kappa shape index (κ3) is 4.58. The smallest absolute Gasteiger partial charge is 0.277 e. The van der Waals surface area contributed by atoms with E-state index in [1.807, 2.05) is 0 Å². The SMILES string of the molecule is Cc1ccc(C)c(CSc2nnc([C@@H]([NH3+])CC(C)C)o2)c1. The van der Waals surface area contributed by atoms with E-state index in [9.17, 15) is 0 Å². The van der Waals surface area contributed by atoms with Gasteiger partial charge in [0.2, 0.25) is 0 Å². The first kappa shape index (κ1) is 16.0. The summed E-state index contributed by atoms with van der Waals surface area (Å²) in [6.45, 7) is 8.58. The highest BCUT2D eigenvalue weighted by atomic mass is 32.2. The van der Waals surface area contributed by atoms with Gasteiger partial charge >= 0.3 is 0 Å². The van der Waals surface area contributed by atoms with Gasteiger partial charge in [0.15, 0.2) is 6.04 Å². The third-order valence-electron chi connectivity index (χ3n) is 3.38. The van der Waals surface area contributed by atoms with Crippen LogP contribution in [-0.2, 0) is 5.75 Å². The van der Waals surface area contributed by atoms with Crippen molar-refractivity contribution >= 4 is 11.8 Å². The van der Waals surface area contributed by atoms with Crippen LogP contribution in [0.15, 0.2) is 27.8 Å². The fourth-order valence-corrected chi connectivity index (χ4v) is 3.04. The molecule has 0 bridgehead atoms. The molecule has 3 N–H and O–H groups in total. The number of aromatic nitrogens is 2. The quantitative estimate of drug-likeness (QED) is 0.831. The summed E-state index contributed by atoms with van der Waals surface area (Å²) < 4.78 is 5.72. The molecule has 0 spiro atoms. The lowest BCUT2D eigenvalue weighted by molar-refractivity contribution is -0.435. The average Bonchev–Trinajstić information content (AvgIpc) is 2.88. The maximum atomic E-state index is 5.72. The molecule has 0 radical (unpaired) electrons. The van der Waals surface area contributed by atoms with Crippen molar-refractivity contribution in [1.82, 2.24) is 10.2 Å². The summed E-state index contributed by atoms with van der Waals surface area (Å²) in [6.07, 6.45) is 0.962. The highest BCUT2D eigenvalue weighted by Crippen LogP contribution is 2.25. The van der Waals surface area contributed by atoms with Crippen LogP contribution in [0.5, 0.6) is 0 Å². The van der Waals surface area contributed by atoms with Crippen LogP contribution in [-0.4, -0.2) is 10.2 Å². The zero-order chi connectivity index (χ0) is 15.4. The van der Waals surface area contributed by atoms with E-state index in [1.165, 1.54) is 16.7 Å². The van der Waals surface area contributed by atoms with Gasteiger partial charge in [0.1, 0.15) is 0 Å². The summed E-state index contributed by atoms with van der Waals surface area (Å²) in [5.74, 6) is 2.07. The fourth-order valence-electron chi connectivity index (χ4n) is 2.21. The molecule has 0 amide bonds. The predicted molar refractivity (Wildman–Crippen MR) is 84.9 cm³/mol.